The number of nitro benzene ring substituents is 2. The van der Waals surface area contributed by atoms with Gasteiger partial charge in [0, 0.05) is 12.1 Å². The fourth-order valence-corrected chi connectivity index (χ4v) is 1.42. The van der Waals surface area contributed by atoms with Crippen molar-refractivity contribution in [1.29, 1.82) is 0 Å². The summed E-state index contributed by atoms with van der Waals surface area (Å²) in [5, 5.41) is 37.3. The van der Waals surface area contributed by atoms with Gasteiger partial charge < -0.3 is 15.9 Å². The molecule has 1 aromatic rings. The summed E-state index contributed by atoms with van der Waals surface area (Å²) >= 11 is 0. The maximum atomic E-state index is 10.7. The number of carboxylic acids is 1. The summed E-state index contributed by atoms with van der Waals surface area (Å²) in [6, 6.07) is 0.492. The Kier molecular flexibility index (Phi) is 3.97. The molecule has 0 bridgehead atoms. The summed E-state index contributed by atoms with van der Waals surface area (Å²) in [5.74, 6) is -2.16. The molecule has 5 N–H and O–H groups in total. The topological polar surface area (TPSA) is 172 Å². The van der Waals surface area contributed by atoms with Crippen LogP contribution in [0.4, 0.5) is 11.4 Å². The number of hydrogen-bond donors (Lipinski definition) is 2. The molecule has 0 fully saturated rings. The molecule has 0 saturated heterocycles. The zero-order valence-corrected chi connectivity index (χ0v) is 9.40. The number of carboxylic acid groups (broad SMARTS) is 1. The minimum absolute atomic E-state index is 0.0179. The summed E-state index contributed by atoms with van der Waals surface area (Å²) in [5.41, 5.74) is 3.75. The van der Waals surface area contributed by atoms with Crippen LogP contribution in [0.15, 0.2) is 12.1 Å². The van der Waals surface area contributed by atoms with Gasteiger partial charge in [-0.1, -0.05) is 0 Å². The highest BCUT2D eigenvalue weighted by atomic mass is 16.6. The van der Waals surface area contributed by atoms with Gasteiger partial charge in [-0.3, -0.25) is 25.0 Å². The van der Waals surface area contributed by atoms with Crippen LogP contribution in [0, 0.1) is 20.2 Å². The predicted molar refractivity (Wildman–Crippen MR) is 62.1 cm³/mol. The number of nitrogens with zero attached hydrogens (tertiary/aromatic N) is 2. The minimum atomic E-state index is -1.34. The van der Waals surface area contributed by atoms with Crippen molar-refractivity contribution in [3.8, 4) is 5.75 Å². The zero-order valence-electron chi connectivity index (χ0n) is 9.40. The third-order valence-electron chi connectivity index (χ3n) is 2.32. The van der Waals surface area contributed by atoms with Crippen molar-refractivity contribution < 1.29 is 24.9 Å². The molecule has 10 nitrogen and oxygen atoms in total. The molecular weight excluding hydrogens is 262 g/mol. The second-order valence-electron chi connectivity index (χ2n) is 3.67. The Balaban J connectivity index is 3.30. The molecule has 0 saturated carbocycles. The van der Waals surface area contributed by atoms with Gasteiger partial charge in [0.15, 0.2) is 0 Å². The van der Waals surface area contributed by atoms with E-state index in [-0.39, 0.29) is 12.0 Å². The van der Waals surface area contributed by atoms with Gasteiger partial charge in [-0.05, 0) is 12.0 Å². The number of rotatable bonds is 5. The molecule has 10 heteroatoms. The Bertz CT molecular complexity index is 522. The van der Waals surface area contributed by atoms with Crippen LogP contribution in [-0.4, -0.2) is 32.1 Å². The maximum Gasteiger partial charge on any atom is 0.412 e. The molecule has 0 radical (unpaired) electrons. The number of carbonyl (C=O) groups is 1. The molecule has 0 aliphatic rings. The van der Waals surface area contributed by atoms with Gasteiger partial charge in [-0.25, -0.2) is 0 Å². The van der Waals surface area contributed by atoms with Crippen molar-refractivity contribution >= 4 is 17.3 Å². The molecule has 0 aliphatic carbocycles. The van der Waals surface area contributed by atoms with E-state index in [2.05, 4.69) is 0 Å². The lowest BCUT2D eigenvalue weighted by molar-refractivity contribution is -0.396. The molecule has 19 heavy (non-hydrogen) atoms. The molecule has 0 amide bonds. The van der Waals surface area contributed by atoms with Crippen molar-refractivity contribution in [3.63, 3.8) is 0 Å². The van der Waals surface area contributed by atoms with Gasteiger partial charge in [-0.2, -0.15) is 0 Å². The average molecular weight is 272 g/mol. The second-order valence-corrected chi connectivity index (χ2v) is 3.67. The van der Waals surface area contributed by atoms with Crippen molar-refractivity contribution in [2.75, 3.05) is 0 Å². The molecule has 0 spiro atoms. The van der Waals surface area contributed by atoms with Gasteiger partial charge in [0.1, 0.15) is 6.04 Å². The highest BCUT2D eigenvalue weighted by Gasteiger charge is 2.31. The Morgan fingerprint density at radius 3 is 2.05 bits per heavy atom. The highest BCUT2D eigenvalue weighted by Crippen LogP contribution is 2.36. The summed E-state index contributed by atoms with van der Waals surface area (Å²) in [7, 11) is 0. The van der Waals surface area contributed by atoms with E-state index in [9.17, 15) is 25.0 Å². The number of hydrogen-bond acceptors (Lipinski definition) is 6. The zero-order chi connectivity index (χ0) is 14.7. The van der Waals surface area contributed by atoms with E-state index in [4.69, 9.17) is 15.9 Å². The summed E-state index contributed by atoms with van der Waals surface area (Å²) < 4.78 is 0. The minimum Gasteiger partial charge on any atom is -0.584 e. The predicted octanol–water partition coefficient (Wildman–Crippen LogP) is -0.105. The molecule has 0 unspecified atom stereocenters. The number of nitro groups is 2. The number of benzene rings is 1. The van der Waals surface area contributed by atoms with Crippen LogP contribution in [0.5, 0.6) is 5.75 Å². The third-order valence-corrected chi connectivity index (χ3v) is 2.32. The smallest absolute Gasteiger partial charge is 0.412 e. The summed E-state index contributed by atoms with van der Waals surface area (Å²) in [6.45, 7) is 0. The lowest BCUT2D eigenvalue weighted by Crippen LogP contribution is -2.32. The molecule has 0 aromatic heterocycles. The first-order valence-electron chi connectivity index (χ1n) is 4.89. The van der Waals surface area contributed by atoms with Gasteiger partial charge in [0.25, 0.3) is 0 Å². The second kappa shape index (κ2) is 5.27. The monoisotopic (exact) mass is 272 g/mol. The van der Waals surface area contributed by atoms with E-state index in [1.807, 2.05) is 0 Å². The van der Waals surface area contributed by atoms with E-state index in [1.54, 1.807) is 0 Å². The van der Waals surface area contributed by atoms with Crippen LogP contribution < -0.4 is 5.73 Å². The lowest BCUT2D eigenvalue weighted by atomic mass is 10.0. The van der Waals surface area contributed by atoms with E-state index >= 15 is 0 Å². The first kappa shape index (κ1) is 14.3. The van der Waals surface area contributed by atoms with Crippen LogP contribution in [0.3, 0.4) is 0 Å². The number of aliphatic carboxylic acids is 1. The van der Waals surface area contributed by atoms with Gasteiger partial charge in [0.05, 0.1) is 9.85 Å². The Labute approximate surface area is 105 Å². The fourth-order valence-electron chi connectivity index (χ4n) is 1.42. The van der Waals surface area contributed by atoms with Crippen molar-refractivity contribution in [1.82, 2.24) is 0 Å². The standard InChI is InChI=1S/C9H9N3O7/c10-5(9(14)15)1-4-2-6(11(16)17)8(13)7(3-4)12(18)19/h2-3,5,13H,1,10H2,(H,14,15)/p+1/t5-/m0/s1. The first-order chi connectivity index (χ1) is 8.73. The molecule has 102 valence electrons. The van der Waals surface area contributed by atoms with Crippen LogP contribution >= 0.6 is 0 Å². The van der Waals surface area contributed by atoms with Crippen molar-refractivity contribution in [2.24, 2.45) is 5.73 Å². The first-order valence-corrected chi connectivity index (χ1v) is 4.89. The largest absolute Gasteiger partial charge is 0.584 e. The van der Waals surface area contributed by atoms with E-state index in [0.29, 0.717) is 0 Å². The lowest BCUT2D eigenvalue weighted by Gasteiger charge is -2.06. The quantitative estimate of drug-likeness (QED) is 0.427. The summed E-state index contributed by atoms with van der Waals surface area (Å²) in [6.07, 6.45) is -0.308. The molecule has 0 heterocycles. The third kappa shape index (κ3) is 3.13. The number of nitrogens with two attached hydrogens (primary N) is 1. The van der Waals surface area contributed by atoms with E-state index < -0.39 is 39.0 Å². The SMILES string of the molecule is N[C@@H](Cc1cc([N+](=O)[O-])c([OH2+])c([N+](=O)[O-])c1)C(=O)O. The van der Waals surface area contributed by atoms with Crippen LogP contribution in [0.2, 0.25) is 0 Å². The van der Waals surface area contributed by atoms with Crippen LogP contribution in [-0.2, 0) is 11.2 Å². The normalized spacial score (nSPS) is 11.8. The Morgan fingerprint density at radius 2 is 1.74 bits per heavy atom. The van der Waals surface area contributed by atoms with Gasteiger partial charge in [0.2, 0.25) is 0 Å². The fraction of sp³-hybridized carbons (Fsp3) is 0.222. The van der Waals surface area contributed by atoms with Gasteiger partial charge >= 0.3 is 23.1 Å². The van der Waals surface area contributed by atoms with Gasteiger partial charge in [-0.15, -0.1) is 0 Å². The Morgan fingerprint density at radius 1 is 1.32 bits per heavy atom. The molecular formula is C9H10N3O7+. The highest BCUT2D eigenvalue weighted by molar-refractivity contribution is 5.74. The molecule has 1 aromatic carbocycles. The maximum absolute atomic E-state index is 10.7. The van der Waals surface area contributed by atoms with Crippen molar-refractivity contribution in [2.45, 2.75) is 12.5 Å². The average Bonchev–Trinajstić information content (AvgIpc) is 2.30. The molecule has 1 atom stereocenters. The van der Waals surface area contributed by atoms with Crippen LogP contribution in [0.25, 0.3) is 0 Å². The van der Waals surface area contributed by atoms with Crippen LogP contribution in [0.1, 0.15) is 5.56 Å². The molecule has 1 rings (SSSR count). The van der Waals surface area contributed by atoms with E-state index in [0.717, 1.165) is 12.1 Å². The molecule has 0 aliphatic heterocycles. The Hall–Kier alpha value is -2.75. The van der Waals surface area contributed by atoms with Crippen molar-refractivity contribution in [3.05, 3.63) is 37.9 Å². The van der Waals surface area contributed by atoms with E-state index in [1.165, 1.54) is 0 Å². The summed E-state index contributed by atoms with van der Waals surface area (Å²) in [4.78, 5) is 30.1.